The Morgan fingerprint density at radius 1 is 1.27 bits per heavy atom. The van der Waals surface area contributed by atoms with Gasteiger partial charge in [-0.05, 0) is 30.7 Å². The average Bonchev–Trinajstić information content (AvgIpc) is 2.91. The van der Waals surface area contributed by atoms with E-state index in [9.17, 15) is 14.4 Å². The van der Waals surface area contributed by atoms with Crippen molar-refractivity contribution >= 4 is 24.0 Å². The molecule has 1 atom stereocenters. The van der Waals surface area contributed by atoms with E-state index in [0.29, 0.717) is 31.3 Å². The number of rotatable bonds is 4. The van der Waals surface area contributed by atoms with Gasteiger partial charge in [0.05, 0.1) is 13.2 Å². The van der Waals surface area contributed by atoms with E-state index in [-0.39, 0.29) is 6.54 Å². The summed E-state index contributed by atoms with van der Waals surface area (Å²) in [5.41, 5.74) is 0.740. The molecule has 1 aromatic rings. The molecule has 26 heavy (non-hydrogen) atoms. The van der Waals surface area contributed by atoms with Crippen molar-refractivity contribution in [3.05, 3.63) is 29.8 Å². The summed E-state index contributed by atoms with van der Waals surface area (Å²) in [5, 5.41) is 2.52. The van der Waals surface area contributed by atoms with E-state index < -0.39 is 24.0 Å². The number of fused-ring (bicyclic) bond motifs is 1. The highest BCUT2D eigenvalue weighted by Gasteiger charge is 2.31. The molecule has 1 fully saturated rings. The summed E-state index contributed by atoms with van der Waals surface area (Å²) in [6.07, 6.45) is 2.57. The van der Waals surface area contributed by atoms with Gasteiger partial charge < -0.3 is 19.5 Å². The first-order chi connectivity index (χ1) is 12.5. The Bertz CT molecular complexity index is 745. The van der Waals surface area contributed by atoms with Gasteiger partial charge >= 0.3 is 12.0 Å². The fourth-order valence-electron chi connectivity index (χ4n) is 2.61. The maximum absolute atomic E-state index is 12.1. The number of ether oxygens (including phenoxy) is 3. The molecule has 3 rings (SSSR count). The SMILES string of the molecule is C[C@@H](OC(=O)/C=C/c1ccc2c(c1)OCCCO2)C(=O)N1CCNC1=O. The van der Waals surface area contributed by atoms with Crippen molar-refractivity contribution in [1.29, 1.82) is 0 Å². The third-order valence-electron chi connectivity index (χ3n) is 3.95. The standard InChI is InChI=1S/C18H20N2O6/c1-12(17(22)20-8-7-19-18(20)23)26-16(21)6-4-13-3-5-14-15(11-13)25-10-2-9-24-14/h3-6,11-12H,2,7-10H2,1H3,(H,19,23)/b6-4+/t12-/m1/s1. The summed E-state index contributed by atoms with van der Waals surface area (Å²) in [4.78, 5) is 36.5. The van der Waals surface area contributed by atoms with Gasteiger partial charge in [0.2, 0.25) is 0 Å². The molecule has 1 saturated heterocycles. The summed E-state index contributed by atoms with van der Waals surface area (Å²) in [5.74, 6) is 0.0850. The van der Waals surface area contributed by atoms with Gasteiger partial charge in [0.1, 0.15) is 0 Å². The van der Waals surface area contributed by atoms with Crippen molar-refractivity contribution in [2.75, 3.05) is 26.3 Å². The topological polar surface area (TPSA) is 94.2 Å². The molecule has 138 valence electrons. The summed E-state index contributed by atoms with van der Waals surface area (Å²) in [6.45, 7) is 3.29. The average molecular weight is 360 g/mol. The minimum Gasteiger partial charge on any atom is -0.490 e. The first-order valence-corrected chi connectivity index (χ1v) is 8.42. The van der Waals surface area contributed by atoms with Crippen LogP contribution < -0.4 is 14.8 Å². The summed E-state index contributed by atoms with van der Waals surface area (Å²) < 4.78 is 16.2. The minimum atomic E-state index is -1.04. The third-order valence-corrected chi connectivity index (χ3v) is 3.95. The van der Waals surface area contributed by atoms with Gasteiger partial charge in [-0.1, -0.05) is 6.07 Å². The Kier molecular flexibility index (Phi) is 5.40. The van der Waals surface area contributed by atoms with E-state index >= 15 is 0 Å². The molecule has 2 heterocycles. The first-order valence-electron chi connectivity index (χ1n) is 8.42. The number of nitrogens with one attached hydrogen (secondary N) is 1. The maximum Gasteiger partial charge on any atom is 0.331 e. The molecule has 0 aromatic heterocycles. The predicted molar refractivity (Wildman–Crippen MR) is 91.7 cm³/mol. The lowest BCUT2D eigenvalue weighted by molar-refractivity contribution is -0.153. The largest absolute Gasteiger partial charge is 0.490 e. The fraction of sp³-hybridized carbons (Fsp3) is 0.389. The number of carbonyl (C=O) groups is 3. The molecule has 3 amide bonds. The van der Waals surface area contributed by atoms with Gasteiger partial charge in [-0.3, -0.25) is 9.69 Å². The zero-order valence-electron chi connectivity index (χ0n) is 14.4. The molecule has 0 spiro atoms. The third kappa shape index (κ3) is 4.14. The number of urea groups is 1. The number of hydrogen-bond donors (Lipinski definition) is 1. The molecular formula is C18H20N2O6. The van der Waals surface area contributed by atoms with Crippen LogP contribution in [0.1, 0.15) is 18.9 Å². The highest BCUT2D eigenvalue weighted by Crippen LogP contribution is 2.30. The van der Waals surface area contributed by atoms with E-state index in [0.717, 1.165) is 16.9 Å². The van der Waals surface area contributed by atoms with Crippen molar-refractivity contribution < 1.29 is 28.6 Å². The van der Waals surface area contributed by atoms with E-state index in [1.807, 2.05) is 0 Å². The first kappa shape index (κ1) is 17.8. The van der Waals surface area contributed by atoms with Crippen molar-refractivity contribution in [2.45, 2.75) is 19.4 Å². The minimum absolute atomic E-state index is 0.270. The van der Waals surface area contributed by atoms with E-state index in [2.05, 4.69) is 5.32 Å². The second-order valence-corrected chi connectivity index (χ2v) is 5.89. The number of amides is 3. The van der Waals surface area contributed by atoms with Crippen LogP contribution in [0.15, 0.2) is 24.3 Å². The van der Waals surface area contributed by atoms with Gasteiger partial charge in [-0.25, -0.2) is 9.59 Å². The predicted octanol–water partition coefficient (Wildman–Crippen LogP) is 1.34. The Morgan fingerprint density at radius 3 is 2.77 bits per heavy atom. The lowest BCUT2D eigenvalue weighted by Crippen LogP contribution is -2.41. The summed E-state index contributed by atoms with van der Waals surface area (Å²) in [7, 11) is 0. The maximum atomic E-state index is 12.1. The van der Waals surface area contributed by atoms with Crippen LogP contribution >= 0.6 is 0 Å². The number of esters is 1. The number of benzene rings is 1. The Hall–Kier alpha value is -3.03. The van der Waals surface area contributed by atoms with Gasteiger partial charge in [0.15, 0.2) is 17.6 Å². The lowest BCUT2D eigenvalue weighted by Gasteiger charge is -2.17. The van der Waals surface area contributed by atoms with Crippen molar-refractivity contribution in [3.63, 3.8) is 0 Å². The van der Waals surface area contributed by atoms with Gasteiger partial charge in [0, 0.05) is 25.6 Å². The van der Waals surface area contributed by atoms with Crippen LogP contribution in [0, 0.1) is 0 Å². The smallest absolute Gasteiger partial charge is 0.331 e. The number of nitrogens with zero attached hydrogens (tertiary/aromatic N) is 1. The normalized spacial score (nSPS) is 17.6. The summed E-state index contributed by atoms with van der Waals surface area (Å²) in [6, 6.07) is 4.87. The van der Waals surface area contributed by atoms with Crippen LogP contribution in [0.25, 0.3) is 6.08 Å². The van der Waals surface area contributed by atoms with E-state index in [1.165, 1.54) is 13.0 Å². The number of hydrogen-bond acceptors (Lipinski definition) is 6. The highest BCUT2D eigenvalue weighted by molar-refractivity contribution is 5.99. The van der Waals surface area contributed by atoms with Crippen LogP contribution in [0.5, 0.6) is 11.5 Å². The van der Waals surface area contributed by atoms with Crippen molar-refractivity contribution in [3.8, 4) is 11.5 Å². The second kappa shape index (κ2) is 7.90. The zero-order valence-corrected chi connectivity index (χ0v) is 14.4. The molecule has 0 bridgehead atoms. The monoisotopic (exact) mass is 360 g/mol. The van der Waals surface area contributed by atoms with Gasteiger partial charge in [-0.2, -0.15) is 0 Å². The van der Waals surface area contributed by atoms with Crippen LogP contribution in [-0.4, -0.2) is 55.2 Å². The fourth-order valence-corrected chi connectivity index (χ4v) is 2.61. The van der Waals surface area contributed by atoms with Crippen molar-refractivity contribution in [2.24, 2.45) is 0 Å². The molecule has 1 N–H and O–H groups in total. The van der Waals surface area contributed by atoms with E-state index in [1.54, 1.807) is 24.3 Å². The molecule has 0 saturated carbocycles. The van der Waals surface area contributed by atoms with Gasteiger partial charge in [-0.15, -0.1) is 0 Å². The lowest BCUT2D eigenvalue weighted by atomic mass is 10.2. The molecule has 2 aliphatic heterocycles. The molecule has 0 aliphatic carbocycles. The molecule has 1 aromatic carbocycles. The molecular weight excluding hydrogens is 340 g/mol. The molecule has 2 aliphatic rings. The Labute approximate surface area is 150 Å². The molecule has 8 heteroatoms. The number of carbonyl (C=O) groups excluding carboxylic acids is 3. The number of imide groups is 1. The quantitative estimate of drug-likeness (QED) is 0.643. The second-order valence-electron chi connectivity index (χ2n) is 5.89. The highest BCUT2D eigenvalue weighted by atomic mass is 16.5. The molecule has 0 radical (unpaired) electrons. The molecule has 0 unspecified atom stereocenters. The van der Waals surface area contributed by atoms with Gasteiger partial charge in [0.25, 0.3) is 5.91 Å². The summed E-state index contributed by atoms with van der Waals surface area (Å²) >= 11 is 0. The Morgan fingerprint density at radius 2 is 2.04 bits per heavy atom. The molecule has 8 nitrogen and oxygen atoms in total. The zero-order chi connectivity index (χ0) is 18.5. The van der Waals surface area contributed by atoms with Crippen LogP contribution in [0.3, 0.4) is 0 Å². The van der Waals surface area contributed by atoms with Crippen LogP contribution in [0.4, 0.5) is 4.79 Å². The van der Waals surface area contributed by atoms with Crippen LogP contribution in [0.2, 0.25) is 0 Å². The van der Waals surface area contributed by atoms with E-state index in [4.69, 9.17) is 14.2 Å². The van der Waals surface area contributed by atoms with Crippen molar-refractivity contribution in [1.82, 2.24) is 10.2 Å². The van der Waals surface area contributed by atoms with Crippen LogP contribution in [-0.2, 0) is 14.3 Å². The Balaban J connectivity index is 1.58.